The predicted octanol–water partition coefficient (Wildman–Crippen LogP) is 4.52. The minimum Gasteiger partial charge on any atom is -0.496 e. The molecule has 1 N–H and O–H groups in total. The molecule has 124 valence electrons. The summed E-state index contributed by atoms with van der Waals surface area (Å²) >= 11 is 6.43. The van der Waals surface area contributed by atoms with Crippen molar-refractivity contribution in [2.24, 2.45) is 0 Å². The third-order valence-corrected chi connectivity index (χ3v) is 4.14. The Balaban J connectivity index is 1.96. The van der Waals surface area contributed by atoms with Gasteiger partial charge in [-0.25, -0.2) is 4.98 Å². The summed E-state index contributed by atoms with van der Waals surface area (Å²) in [5, 5.41) is 4.18. The van der Waals surface area contributed by atoms with E-state index in [1.807, 2.05) is 55.5 Å². The maximum Gasteiger partial charge on any atom is 0.208 e. The van der Waals surface area contributed by atoms with Crippen molar-refractivity contribution < 1.29 is 9.15 Å². The van der Waals surface area contributed by atoms with Crippen molar-refractivity contribution in [3.63, 3.8) is 0 Å². The largest absolute Gasteiger partial charge is 0.496 e. The van der Waals surface area contributed by atoms with Crippen molar-refractivity contribution in [2.45, 2.75) is 19.5 Å². The lowest BCUT2D eigenvalue weighted by atomic mass is 9.97. The van der Waals surface area contributed by atoms with Crippen LogP contribution in [0.5, 0.6) is 5.75 Å². The average Bonchev–Trinajstić information content (AvgIpc) is 3.02. The fourth-order valence-corrected chi connectivity index (χ4v) is 2.92. The lowest BCUT2D eigenvalue weighted by molar-refractivity contribution is 0.398. The van der Waals surface area contributed by atoms with Gasteiger partial charge in [0.2, 0.25) is 5.89 Å². The summed E-state index contributed by atoms with van der Waals surface area (Å²) in [4.78, 5) is 4.25. The Morgan fingerprint density at radius 3 is 2.50 bits per heavy atom. The van der Waals surface area contributed by atoms with Crippen LogP contribution < -0.4 is 10.1 Å². The summed E-state index contributed by atoms with van der Waals surface area (Å²) in [6, 6.07) is 15.5. The van der Waals surface area contributed by atoms with E-state index in [9.17, 15) is 0 Å². The van der Waals surface area contributed by atoms with Crippen LogP contribution in [0.1, 0.15) is 28.8 Å². The Morgan fingerprint density at radius 1 is 1.12 bits per heavy atom. The monoisotopic (exact) mass is 342 g/mol. The summed E-state index contributed by atoms with van der Waals surface area (Å²) in [5.41, 5.74) is 1.99. The first-order valence-corrected chi connectivity index (χ1v) is 8.09. The highest BCUT2D eigenvalue weighted by atomic mass is 35.5. The van der Waals surface area contributed by atoms with Crippen molar-refractivity contribution in [1.29, 1.82) is 0 Å². The van der Waals surface area contributed by atoms with Gasteiger partial charge in [-0.15, -0.1) is 0 Å². The first kappa shape index (κ1) is 16.6. The smallest absolute Gasteiger partial charge is 0.208 e. The van der Waals surface area contributed by atoms with Gasteiger partial charge in [-0.1, -0.05) is 48.0 Å². The summed E-state index contributed by atoms with van der Waals surface area (Å²) in [7, 11) is 1.67. The maximum absolute atomic E-state index is 6.43. The van der Waals surface area contributed by atoms with Crippen LogP contribution in [0, 0.1) is 6.92 Å². The number of ether oxygens (including phenoxy) is 1. The first-order chi connectivity index (χ1) is 11.7. The third-order valence-electron chi connectivity index (χ3n) is 3.79. The van der Waals surface area contributed by atoms with Gasteiger partial charge in [0.1, 0.15) is 11.5 Å². The molecule has 24 heavy (non-hydrogen) atoms. The number of nitrogens with zero attached hydrogens (tertiary/aromatic N) is 1. The fourth-order valence-electron chi connectivity index (χ4n) is 2.67. The number of benzene rings is 2. The number of hydrogen-bond donors (Lipinski definition) is 1. The highest BCUT2D eigenvalue weighted by Gasteiger charge is 2.20. The molecule has 0 aliphatic carbocycles. The number of rotatable bonds is 6. The van der Waals surface area contributed by atoms with Gasteiger partial charge in [0, 0.05) is 10.6 Å². The number of para-hydroxylation sites is 1. The molecule has 3 rings (SSSR count). The Labute approximate surface area is 146 Å². The SMILES string of the molecule is COc1ccccc1[C@H](NCc1ncc(C)o1)c1ccccc1Cl. The minimum atomic E-state index is -0.137. The van der Waals surface area contributed by atoms with E-state index in [4.69, 9.17) is 20.8 Å². The highest BCUT2D eigenvalue weighted by molar-refractivity contribution is 6.31. The van der Waals surface area contributed by atoms with Gasteiger partial charge >= 0.3 is 0 Å². The van der Waals surface area contributed by atoms with Crippen LogP contribution in [0.4, 0.5) is 0 Å². The normalized spacial score (nSPS) is 12.1. The van der Waals surface area contributed by atoms with Crippen LogP contribution >= 0.6 is 11.6 Å². The van der Waals surface area contributed by atoms with Crippen molar-refractivity contribution in [2.75, 3.05) is 7.11 Å². The summed E-state index contributed by atoms with van der Waals surface area (Å²) < 4.78 is 11.1. The molecule has 0 unspecified atom stereocenters. The van der Waals surface area contributed by atoms with Crippen LogP contribution in [-0.4, -0.2) is 12.1 Å². The van der Waals surface area contributed by atoms with Crippen LogP contribution in [0.2, 0.25) is 5.02 Å². The second kappa shape index (κ2) is 7.51. The van der Waals surface area contributed by atoms with E-state index >= 15 is 0 Å². The Bertz CT molecular complexity index is 816. The number of methoxy groups -OCH3 is 1. The lowest BCUT2D eigenvalue weighted by Gasteiger charge is -2.22. The molecule has 5 heteroatoms. The fraction of sp³-hybridized carbons (Fsp3) is 0.211. The third kappa shape index (κ3) is 3.61. The summed E-state index contributed by atoms with van der Waals surface area (Å²) in [6.45, 7) is 2.37. The van der Waals surface area contributed by atoms with Crippen molar-refractivity contribution in [1.82, 2.24) is 10.3 Å². The summed E-state index contributed by atoms with van der Waals surface area (Å²) in [6.07, 6.45) is 1.71. The number of halogens is 1. The van der Waals surface area contributed by atoms with E-state index < -0.39 is 0 Å². The van der Waals surface area contributed by atoms with Gasteiger partial charge in [-0.3, -0.25) is 5.32 Å². The van der Waals surface area contributed by atoms with E-state index in [2.05, 4.69) is 10.3 Å². The molecule has 0 fully saturated rings. The molecule has 4 nitrogen and oxygen atoms in total. The molecule has 2 aromatic carbocycles. The molecular formula is C19H19ClN2O2. The van der Waals surface area contributed by atoms with E-state index in [0.29, 0.717) is 17.5 Å². The molecule has 0 aliphatic rings. The number of aromatic nitrogens is 1. The first-order valence-electron chi connectivity index (χ1n) is 7.71. The predicted molar refractivity (Wildman–Crippen MR) is 94.4 cm³/mol. The van der Waals surface area contributed by atoms with Crippen LogP contribution in [0.3, 0.4) is 0 Å². The molecule has 3 aromatic rings. The van der Waals surface area contributed by atoms with Gasteiger partial charge in [0.25, 0.3) is 0 Å². The molecule has 0 saturated carbocycles. The van der Waals surface area contributed by atoms with Crippen molar-refractivity contribution in [3.05, 3.63) is 82.5 Å². The Morgan fingerprint density at radius 2 is 1.83 bits per heavy atom. The number of aryl methyl sites for hydroxylation is 1. The molecule has 0 saturated heterocycles. The van der Waals surface area contributed by atoms with Crippen molar-refractivity contribution in [3.8, 4) is 5.75 Å². The quantitative estimate of drug-likeness (QED) is 0.715. The van der Waals surface area contributed by atoms with Gasteiger partial charge in [0.15, 0.2) is 0 Å². The van der Waals surface area contributed by atoms with E-state index in [1.165, 1.54) is 0 Å². The zero-order valence-corrected chi connectivity index (χ0v) is 14.4. The molecule has 0 radical (unpaired) electrons. The van der Waals surface area contributed by atoms with Crippen LogP contribution in [-0.2, 0) is 6.54 Å². The van der Waals surface area contributed by atoms with Gasteiger partial charge in [-0.2, -0.15) is 0 Å². The average molecular weight is 343 g/mol. The van der Waals surface area contributed by atoms with E-state index in [-0.39, 0.29) is 6.04 Å². The molecule has 1 aromatic heterocycles. The second-order valence-corrected chi connectivity index (χ2v) is 5.85. The number of nitrogens with one attached hydrogen (secondary N) is 1. The molecule has 0 spiro atoms. The van der Waals surface area contributed by atoms with Crippen LogP contribution in [0.15, 0.2) is 59.1 Å². The lowest BCUT2D eigenvalue weighted by Crippen LogP contribution is -2.23. The van der Waals surface area contributed by atoms with E-state index in [1.54, 1.807) is 13.3 Å². The van der Waals surface area contributed by atoms with Gasteiger partial charge in [0.05, 0.1) is 25.9 Å². The second-order valence-electron chi connectivity index (χ2n) is 5.44. The molecule has 1 heterocycles. The van der Waals surface area contributed by atoms with Gasteiger partial charge < -0.3 is 9.15 Å². The number of hydrogen-bond acceptors (Lipinski definition) is 4. The molecule has 0 amide bonds. The topological polar surface area (TPSA) is 47.3 Å². The molecule has 0 aliphatic heterocycles. The highest BCUT2D eigenvalue weighted by Crippen LogP contribution is 2.33. The van der Waals surface area contributed by atoms with Crippen LogP contribution in [0.25, 0.3) is 0 Å². The standard InChI is InChI=1S/C19H19ClN2O2/c1-13-11-21-18(24-13)12-22-19(14-7-3-5-9-16(14)20)15-8-4-6-10-17(15)23-2/h3-11,19,22H,12H2,1-2H3/t19-/m1/s1. The number of oxazole rings is 1. The molecule has 1 atom stereocenters. The van der Waals surface area contributed by atoms with Gasteiger partial charge in [-0.05, 0) is 24.6 Å². The zero-order valence-electron chi connectivity index (χ0n) is 13.6. The van der Waals surface area contributed by atoms with E-state index in [0.717, 1.165) is 22.6 Å². The zero-order chi connectivity index (χ0) is 16.9. The minimum absolute atomic E-state index is 0.137. The summed E-state index contributed by atoms with van der Waals surface area (Å²) in [5.74, 6) is 2.23. The Kier molecular flexibility index (Phi) is 5.18. The maximum atomic E-state index is 6.43. The molecule has 0 bridgehead atoms. The Hall–Kier alpha value is -2.30. The van der Waals surface area contributed by atoms with Crippen molar-refractivity contribution >= 4 is 11.6 Å². The molecular weight excluding hydrogens is 324 g/mol.